The first-order valence-electron chi connectivity index (χ1n) is 5.42. The van der Waals surface area contributed by atoms with Crippen LogP contribution >= 0.6 is 11.3 Å². The minimum atomic E-state index is -0.309. The number of carbonyl (C=O) groups is 1. The van der Waals surface area contributed by atoms with Crippen molar-refractivity contribution in [3.05, 3.63) is 34.2 Å². The van der Waals surface area contributed by atoms with Gasteiger partial charge in [-0.1, -0.05) is 12.7 Å². The van der Waals surface area contributed by atoms with Crippen molar-refractivity contribution in [2.75, 3.05) is 7.11 Å². The maximum Gasteiger partial charge on any atom is 0.348 e. The van der Waals surface area contributed by atoms with Crippen LogP contribution in [0, 0.1) is 6.92 Å². The summed E-state index contributed by atoms with van der Waals surface area (Å²) < 4.78 is 6.52. The second-order valence-corrected chi connectivity index (χ2v) is 5.10. The first kappa shape index (κ1) is 12.6. The summed E-state index contributed by atoms with van der Waals surface area (Å²) in [5.41, 5.74) is 2.92. The Hall–Kier alpha value is -1.88. The fraction of sp³-hybridized carbons (Fsp3) is 0.231. The van der Waals surface area contributed by atoms with Gasteiger partial charge in [0.05, 0.1) is 19.0 Å². The molecule has 0 atom stereocenters. The molecule has 2 heterocycles. The minimum Gasteiger partial charge on any atom is -0.465 e. The quantitative estimate of drug-likeness (QED) is 0.799. The van der Waals surface area contributed by atoms with Gasteiger partial charge in [0, 0.05) is 23.1 Å². The lowest BCUT2D eigenvalue weighted by atomic mass is 10.1. The van der Waals surface area contributed by atoms with Crippen molar-refractivity contribution in [2.45, 2.75) is 6.92 Å². The maximum atomic E-state index is 11.5. The molecule has 2 aromatic heterocycles. The molecule has 0 saturated carbocycles. The molecule has 94 valence electrons. The first-order valence-corrected chi connectivity index (χ1v) is 6.23. The van der Waals surface area contributed by atoms with Gasteiger partial charge >= 0.3 is 5.97 Å². The van der Waals surface area contributed by atoms with Gasteiger partial charge in [-0.2, -0.15) is 5.10 Å². The van der Waals surface area contributed by atoms with Crippen molar-refractivity contribution >= 4 is 23.4 Å². The van der Waals surface area contributed by atoms with Gasteiger partial charge in [-0.25, -0.2) is 4.79 Å². The van der Waals surface area contributed by atoms with E-state index in [0.29, 0.717) is 4.88 Å². The van der Waals surface area contributed by atoms with Crippen LogP contribution in [0.1, 0.15) is 20.1 Å². The van der Waals surface area contributed by atoms with E-state index >= 15 is 0 Å². The molecule has 0 aliphatic carbocycles. The van der Waals surface area contributed by atoms with Crippen molar-refractivity contribution in [3.63, 3.8) is 0 Å². The van der Waals surface area contributed by atoms with Crippen LogP contribution in [-0.2, 0) is 11.8 Å². The SMILES string of the molecule is C=Cc1cnn(C)c1-c1cc(C(=O)OC)sc1C. The normalized spacial score (nSPS) is 10.4. The number of thiophene rings is 1. The van der Waals surface area contributed by atoms with E-state index in [1.54, 1.807) is 17.0 Å². The molecule has 5 heteroatoms. The molecule has 2 rings (SSSR count). The third kappa shape index (κ3) is 1.97. The molecule has 0 unspecified atom stereocenters. The molecule has 4 nitrogen and oxygen atoms in total. The van der Waals surface area contributed by atoms with E-state index in [1.807, 2.05) is 20.0 Å². The number of aryl methyl sites for hydroxylation is 2. The number of carbonyl (C=O) groups excluding carboxylic acids is 1. The van der Waals surface area contributed by atoms with Crippen LogP contribution in [-0.4, -0.2) is 22.9 Å². The molecule has 0 radical (unpaired) electrons. The molecule has 0 amide bonds. The van der Waals surface area contributed by atoms with Gasteiger partial charge in [-0.05, 0) is 13.0 Å². The fourth-order valence-corrected chi connectivity index (χ4v) is 2.79. The average molecular weight is 262 g/mol. The zero-order chi connectivity index (χ0) is 13.3. The molecule has 2 aromatic rings. The number of hydrogen-bond donors (Lipinski definition) is 0. The van der Waals surface area contributed by atoms with E-state index in [2.05, 4.69) is 11.7 Å². The highest BCUT2D eigenvalue weighted by molar-refractivity contribution is 7.14. The summed E-state index contributed by atoms with van der Waals surface area (Å²) >= 11 is 1.42. The van der Waals surface area contributed by atoms with Gasteiger partial charge in [0.1, 0.15) is 4.88 Å². The van der Waals surface area contributed by atoms with E-state index < -0.39 is 0 Å². The van der Waals surface area contributed by atoms with Gasteiger partial charge in [0.2, 0.25) is 0 Å². The molecule has 0 saturated heterocycles. The van der Waals surface area contributed by atoms with Gasteiger partial charge < -0.3 is 4.74 Å². The van der Waals surface area contributed by atoms with Crippen molar-refractivity contribution in [1.29, 1.82) is 0 Å². The maximum absolute atomic E-state index is 11.5. The van der Waals surface area contributed by atoms with Crippen LogP contribution in [0.15, 0.2) is 18.8 Å². The lowest BCUT2D eigenvalue weighted by Crippen LogP contribution is -1.97. The van der Waals surface area contributed by atoms with E-state index in [9.17, 15) is 4.79 Å². The van der Waals surface area contributed by atoms with Gasteiger partial charge in [0.15, 0.2) is 0 Å². The molecule has 0 bridgehead atoms. The van der Waals surface area contributed by atoms with Crippen LogP contribution in [0.5, 0.6) is 0 Å². The summed E-state index contributed by atoms with van der Waals surface area (Å²) in [5, 5.41) is 4.21. The van der Waals surface area contributed by atoms with Crippen molar-refractivity contribution in [1.82, 2.24) is 9.78 Å². The number of methoxy groups -OCH3 is 1. The number of hydrogen-bond acceptors (Lipinski definition) is 4. The van der Waals surface area contributed by atoms with Crippen LogP contribution in [0.3, 0.4) is 0 Å². The van der Waals surface area contributed by atoms with E-state index in [4.69, 9.17) is 4.74 Å². The summed E-state index contributed by atoms with van der Waals surface area (Å²) in [6, 6.07) is 1.84. The van der Waals surface area contributed by atoms with Crippen molar-refractivity contribution < 1.29 is 9.53 Å². The highest BCUT2D eigenvalue weighted by Gasteiger charge is 2.17. The number of esters is 1. The number of rotatable bonds is 3. The molecular weight excluding hydrogens is 248 g/mol. The van der Waals surface area contributed by atoms with Crippen molar-refractivity contribution in [3.8, 4) is 11.3 Å². The summed E-state index contributed by atoms with van der Waals surface area (Å²) in [4.78, 5) is 13.2. The monoisotopic (exact) mass is 262 g/mol. The zero-order valence-corrected chi connectivity index (χ0v) is 11.4. The van der Waals surface area contributed by atoms with E-state index in [0.717, 1.165) is 21.7 Å². The predicted octanol–water partition coefficient (Wildman–Crippen LogP) is 2.89. The van der Waals surface area contributed by atoms with Crippen LogP contribution < -0.4 is 0 Å². The summed E-state index contributed by atoms with van der Waals surface area (Å²) in [6.07, 6.45) is 3.52. The third-order valence-electron chi connectivity index (χ3n) is 2.75. The largest absolute Gasteiger partial charge is 0.465 e. The molecule has 0 aliphatic heterocycles. The molecular formula is C13H14N2O2S. The summed E-state index contributed by atoms with van der Waals surface area (Å²) in [5.74, 6) is -0.309. The smallest absolute Gasteiger partial charge is 0.348 e. The van der Waals surface area contributed by atoms with Gasteiger partial charge in [-0.3, -0.25) is 4.68 Å². The van der Waals surface area contributed by atoms with E-state index in [-0.39, 0.29) is 5.97 Å². The summed E-state index contributed by atoms with van der Waals surface area (Å²) in [6.45, 7) is 5.76. The average Bonchev–Trinajstić information content (AvgIpc) is 2.91. The van der Waals surface area contributed by atoms with E-state index in [1.165, 1.54) is 18.4 Å². The van der Waals surface area contributed by atoms with Gasteiger partial charge in [-0.15, -0.1) is 11.3 Å². The third-order valence-corrected chi connectivity index (χ3v) is 3.78. The Kier molecular flexibility index (Phi) is 3.34. The van der Waals surface area contributed by atoms with Crippen LogP contribution in [0.4, 0.5) is 0 Å². The Labute approximate surface area is 110 Å². The standard InChI is InChI=1S/C13H14N2O2S/c1-5-9-7-14-15(3)12(9)10-6-11(13(16)17-4)18-8(10)2/h5-7H,1H2,2-4H3. The molecule has 0 N–H and O–H groups in total. The number of aromatic nitrogens is 2. The Morgan fingerprint density at radius 1 is 1.61 bits per heavy atom. The lowest BCUT2D eigenvalue weighted by molar-refractivity contribution is 0.0606. The Balaban J connectivity index is 2.57. The summed E-state index contributed by atoms with van der Waals surface area (Å²) in [7, 11) is 3.26. The van der Waals surface area contributed by atoms with Crippen LogP contribution in [0.2, 0.25) is 0 Å². The van der Waals surface area contributed by atoms with Gasteiger partial charge in [0.25, 0.3) is 0 Å². The molecule has 0 spiro atoms. The Bertz CT molecular complexity index is 611. The Morgan fingerprint density at radius 3 is 2.94 bits per heavy atom. The van der Waals surface area contributed by atoms with Crippen molar-refractivity contribution in [2.24, 2.45) is 7.05 Å². The first-order chi connectivity index (χ1) is 8.58. The second kappa shape index (κ2) is 4.78. The lowest BCUT2D eigenvalue weighted by Gasteiger charge is -2.02. The predicted molar refractivity (Wildman–Crippen MR) is 72.7 cm³/mol. The highest BCUT2D eigenvalue weighted by atomic mass is 32.1. The topological polar surface area (TPSA) is 44.1 Å². The number of ether oxygens (including phenoxy) is 1. The highest BCUT2D eigenvalue weighted by Crippen LogP contribution is 2.33. The number of nitrogens with zero attached hydrogens (tertiary/aromatic N) is 2. The molecule has 0 aliphatic rings. The van der Waals surface area contributed by atoms with Crippen LogP contribution in [0.25, 0.3) is 17.3 Å². The zero-order valence-electron chi connectivity index (χ0n) is 10.6. The Morgan fingerprint density at radius 2 is 2.33 bits per heavy atom. The minimum absolute atomic E-state index is 0.309. The fourth-order valence-electron chi connectivity index (χ4n) is 1.85. The molecule has 18 heavy (non-hydrogen) atoms. The molecule has 0 fully saturated rings. The second-order valence-electron chi connectivity index (χ2n) is 3.85. The molecule has 0 aromatic carbocycles.